The van der Waals surface area contributed by atoms with E-state index in [9.17, 15) is 14.0 Å². The maximum atomic E-state index is 13.6. The van der Waals surface area contributed by atoms with Crippen molar-refractivity contribution in [2.24, 2.45) is 0 Å². The van der Waals surface area contributed by atoms with Gasteiger partial charge >= 0.3 is 0 Å². The molecule has 3 rings (SSSR count). The molecule has 1 heterocycles. The SMILES string of the molecule is Cc1nn(-c2ccccc2)c(C)c1SCC(=O)NNC(=O)c1ccccc1F. The van der Waals surface area contributed by atoms with Crippen molar-refractivity contribution >= 4 is 23.6 Å². The molecule has 0 unspecified atom stereocenters. The number of hydrazine groups is 1. The van der Waals surface area contributed by atoms with Crippen molar-refractivity contribution in [2.75, 3.05) is 5.75 Å². The minimum Gasteiger partial charge on any atom is -0.272 e. The molecule has 144 valence electrons. The molecule has 0 aliphatic rings. The normalized spacial score (nSPS) is 10.5. The van der Waals surface area contributed by atoms with E-state index in [1.165, 1.54) is 30.0 Å². The smallest absolute Gasteiger partial charge is 0.272 e. The Bertz CT molecular complexity index is 1000. The van der Waals surface area contributed by atoms with E-state index >= 15 is 0 Å². The lowest BCUT2D eigenvalue weighted by atomic mass is 10.2. The number of aromatic nitrogens is 2. The Morgan fingerprint density at radius 1 is 1.04 bits per heavy atom. The third kappa shape index (κ3) is 4.40. The number of carbonyl (C=O) groups excluding carboxylic acids is 2. The van der Waals surface area contributed by atoms with Gasteiger partial charge in [-0.2, -0.15) is 5.10 Å². The molecule has 0 saturated heterocycles. The third-order valence-corrected chi connectivity index (χ3v) is 5.29. The number of benzene rings is 2. The fourth-order valence-corrected chi connectivity index (χ4v) is 3.56. The molecular formula is C20H19FN4O2S. The van der Waals surface area contributed by atoms with Gasteiger partial charge in [-0.25, -0.2) is 9.07 Å². The van der Waals surface area contributed by atoms with E-state index in [4.69, 9.17) is 0 Å². The zero-order valence-electron chi connectivity index (χ0n) is 15.4. The Balaban J connectivity index is 1.59. The average Bonchev–Trinajstić information content (AvgIpc) is 2.99. The predicted octanol–water partition coefficient (Wildman–Crippen LogP) is 3.18. The number of amides is 2. The van der Waals surface area contributed by atoms with Gasteiger partial charge in [-0.05, 0) is 38.1 Å². The van der Waals surface area contributed by atoms with Crippen molar-refractivity contribution in [3.8, 4) is 5.69 Å². The number of halogens is 1. The summed E-state index contributed by atoms with van der Waals surface area (Å²) in [6.07, 6.45) is 0. The molecule has 28 heavy (non-hydrogen) atoms. The molecule has 0 bridgehead atoms. The van der Waals surface area contributed by atoms with Crippen LogP contribution >= 0.6 is 11.8 Å². The van der Waals surface area contributed by atoms with E-state index < -0.39 is 17.6 Å². The third-order valence-electron chi connectivity index (χ3n) is 4.01. The summed E-state index contributed by atoms with van der Waals surface area (Å²) in [5.74, 6) is -1.68. The molecule has 2 N–H and O–H groups in total. The first-order valence-corrected chi connectivity index (χ1v) is 9.54. The van der Waals surface area contributed by atoms with E-state index in [2.05, 4.69) is 16.0 Å². The van der Waals surface area contributed by atoms with E-state index in [0.717, 1.165) is 22.0 Å². The molecule has 0 aliphatic heterocycles. The first-order chi connectivity index (χ1) is 13.5. The quantitative estimate of drug-likeness (QED) is 0.511. The van der Waals surface area contributed by atoms with Crippen LogP contribution in [0.4, 0.5) is 4.39 Å². The Labute approximate surface area is 166 Å². The van der Waals surface area contributed by atoms with Crippen LogP contribution < -0.4 is 10.9 Å². The monoisotopic (exact) mass is 398 g/mol. The minimum absolute atomic E-state index is 0.0831. The molecule has 3 aromatic rings. The van der Waals surface area contributed by atoms with Crippen molar-refractivity contribution in [1.29, 1.82) is 0 Å². The number of nitrogens with one attached hydrogen (secondary N) is 2. The van der Waals surface area contributed by atoms with Crippen LogP contribution in [0.1, 0.15) is 21.7 Å². The summed E-state index contributed by atoms with van der Waals surface area (Å²) in [7, 11) is 0. The summed E-state index contributed by atoms with van der Waals surface area (Å²) in [6.45, 7) is 3.82. The largest absolute Gasteiger partial charge is 0.272 e. The van der Waals surface area contributed by atoms with Crippen LogP contribution in [0.5, 0.6) is 0 Å². The van der Waals surface area contributed by atoms with Gasteiger partial charge in [0.15, 0.2) is 0 Å². The average molecular weight is 398 g/mol. The molecule has 2 amide bonds. The molecule has 1 aromatic heterocycles. The second-order valence-electron chi connectivity index (χ2n) is 6.02. The van der Waals surface area contributed by atoms with E-state index in [0.29, 0.717) is 0 Å². The van der Waals surface area contributed by atoms with Crippen molar-refractivity contribution in [3.63, 3.8) is 0 Å². The molecule has 0 fully saturated rings. The second-order valence-corrected chi connectivity index (χ2v) is 7.00. The number of hydrogen-bond donors (Lipinski definition) is 2. The fraction of sp³-hybridized carbons (Fsp3) is 0.150. The maximum Gasteiger partial charge on any atom is 0.272 e. The zero-order chi connectivity index (χ0) is 20.1. The Morgan fingerprint density at radius 2 is 1.71 bits per heavy atom. The van der Waals surface area contributed by atoms with Crippen molar-refractivity contribution < 1.29 is 14.0 Å². The summed E-state index contributed by atoms with van der Waals surface area (Å²) >= 11 is 1.33. The van der Waals surface area contributed by atoms with Crippen LogP contribution in [0.25, 0.3) is 5.69 Å². The standard InChI is InChI=1S/C20H19FN4O2S/c1-13-19(14(2)25(24-13)15-8-4-3-5-9-15)28-12-18(26)22-23-20(27)16-10-6-7-11-17(16)21/h3-11H,12H2,1-2H3,(H,22,26)(H,23,27). The van der Waals surface area contributed by atoms with Gasteiger partial charge in [0.05, 0.1) is 33.3 Å². The number of para-hydroxylation sites is 1. The number of hydrogen-bond acceptors (Lipinski definition) is 4. The Morgan fingerprint density at radius 3 is 2.43 bits per heavy atom. The number of nitrogens with zero attached hydrogens (tertiary/aromatic N) is 2. The highest BCUT2D eigenvalue weighted by Gasteiger charge is 2.16. The first kappa shape index (κ1) is 19.6. The highest BCUT2D eigenvalue weighted by molar-refractivity contribution is 8.00. The van der Waals surface area contributed by atoms with Gasteiger partial charge in [-0.1, -0.05) is 30.3 Å². The minimum atomic E-state index is -0.708. The number of rotatable bonds is 5. The predicted molar refractivity (Wildman–Crippen MR) is 106 cm³/mol. The highest BCUT2D eigenvalue weighted by atomic mass is 32.2. The van der Waals surface area contributed by atoms with Crippen LogP contribution in [-0.2, 0) is 4.79 Å². The first-order valence-electron chi connectivity index (χ1n) is 8.55. The Hall–Kier alpha value is -3.13. The molecule has 8 heteroatoms. The maximum absolute atomic E-state index is 13.6. The highest BCUT2D eigenvalue weighted by Crippen LogP contribution is 2.27. The van der Waals surface area contributed by atoms with Gasteiger partial charge < -0.3 is 0 Å². The number of carbonyl (C=O) groups is 2. The summed E-state index contributed by atoms with van der Waals surface area (Å²) < 4.78 is 15.4. The van der Waals surface area contributed by atoms with Gasteiger partial charge in [0.2, 0.25) is 5.91 Å². The Kier molecular flexibility index (Phi) is 6.10. The van der Waals surface area contributed by atoms with Crippen molar-refractivity contribution in [2.45, 2.75) is 18.7 Å². The summed E-state index contributed by atoms with van der Waals surface area (Å²) in [5, 5.41) is 4.53. The second kappa shape index (κ2) is 8.71. The van der Waals surface area contributed by atoms with Crippen molar-refractivity contribution in [1.82, 2.24) is 20.6 Å². The van der Waals surface area contributed by atoms with E-state index in [1.807, 2.05) is 48.9 Å². The summed E-state index contributed by atoms with van der Waals surface area (Å²) in [5.41, 5.74) is 7.08. The van der Waals surface area contributed by atoms with Crippen molar-refractivity contribution in [3.05, 3.63) is 77.4 Å². The van der Waals surface area contributed by atoms with Crippen LogP contribution in [0, 0.1) is 19.7 Å². The van der Waals surface area contributed by atoms with Crippen LogP contribution in [0.2, 0.25) is 0 Å². The van der Waals surface area contributed by atoms with E-state index in [-0.39, 0.29) is 11.3 Å². The molecule has 6 nitrogen and oxygen atoms in total. The topological polar surface area (TPSA) is 76.0 Å². The van der Waals surface area contributed by atoms with Crippen LogP contribution in [0.15, 0.2) is 59.5 Å². The number of thioether (sulfide) groups is 1. The lowest BCUT2D eigenvalue weighted by Gasteiger charge is -2.08. The molecule has 0 aliphatic carbocycles. The van der Waals surface area contributed by atoms with E-state index in [1.54, 1.807) is 6.07 Å². The molecular weight excluding hydrogens is 379 g/mol. The molecule has 0 atom stereocenters. The lowest BCUT2D eigenvalue weighted by molar-refractivity contribution is -0.119. The lowest BCUT2D eigenvalue weighted by Crippen LogP contribution is -2.42. The zero-order valence-corrected chi connectivity index (χ0v) is 16.2. The van der Waals surface area contributed by atoms with Gasteiger partial charge in [0, 0.05) is 0 Å². The fourth-order valence-electron chi connectivity index (χ4n) is 2.67. The van der Waals surface area contributed by atoms with Gasteiger partial charge in [0.25, 0.3) is 5.91 Å². The van der Waals surface area contributed by atoms with Gasteiger partial charge in [-0.15, -0.1) is 11.8 Å². The van der Waals surface area contributed by atoms with Crippen LogP contribution in [0.3, 0.4) is 0 Å². The summed E-state index contributed by atoms with van der Waals surface area (Å²) in [4.78, 5) is 24.9. The summed E-state index contributed by atoms with van der Waals surface area (Å²) in [6, 6.07) is 15.3. The molecule has 0 spiro atoms. The number of aryl methyl sites for hydroxylation is 1. The van der Waals surface area contributed by atoms with Crippen LogP contribution in [-0.4, -0.2) is 27.3 Å². The van der Waals surface area contributed by atoms with Gasteiger partial charge in [0.1, 0.15) is 5.82 Å². The van der Waals surface area contributed by atoms with Gasteiger partial charge in [-0.3, -0.25) is 20.4 Å². The molecule has 0 radical (unpaired) electrons. The molecule has 2 aromatic carbocycles. The molecule has 0 saturated carbocycles.